The first-order valence-corrected chi connectivity index (χ1v) is 6.55. The molecule has 88 valence electrons. The summed E-state index contributed by atoms with van der Waals surface area (Å²) in [6.07, 6.45) is 0. The Bertz CT molecular complexity index is 401. The molecule has 0 heterocycles. The molecular formula is C7H6F5IOS. The minimum atomic E-state index is -9.56. The molecule has 0 aliphatic heterocycles. The molecule has 1 aromatic carbocycles. The van der Waals surface area contributed by atoms with E-state index < -0.39 is 15.1 Å². The van der Waals surface area contributed by atoms with Gasteiger partial charge in [0.1, 0.15) is 10.6 Å². The highest BCUT2D eigenvalue weighted by Gasteiger charge is 2.65. The minimum absolute atomic E-state index is 0.0131. The van der Waals surface area contributed by atoms with Crippen LogP contribution in [0.4, 0.5) is 19.4 Å². The van der Waals surface area contributed by atoms with E-state index in [1.165, 1.54) is 29.7 Å². The average Bonchev–Trinajstić information content (AvgIpc) is 2.00. The lowest BCUT2D eigenvalue weighted by molar-refractivity contribution is 0.363. The van der Waals surface area contributed by atoms with Crippen LogP contribution in [-0.4, -0.2) is 7.11 Å². The maximum absolute atomic E-state index is 12.3. The Kier molecular flexibility index (Phi) is 2.48. The van der Waals surface area contributed by atoms with Crippen molar-refractivity contribution in [3.05, 3.63) is 21.8 Å². The summed E-state index contributed by atoms with van der Waals surface area (Å²) in [6.45, 7) is 0. The number of rotatable bonds is 2. The fraction of sp³-hybridized carbons (Fsp3) is 0.143. The molecule has 0 aliphatic rings. The Morgan fingerprint density at radius 2 is 1.67 bits per heavy atom. The van der Waals surface area contributed by atoms with Crippen molar-refractivity contribution in [2.75, 3.05) is 7.11 Å². The molecule has 0 saturated heterocycles. The van der Waals surface area contributed by atoms with E-state index in [0.29, 0.717) is 12.1 Å². The molecule has 0 amide bonds. The van der Waals surface area contributed by atoms with Gasteiger partial charge < -0.3 is 4.74 Å². The van der Waals surface area contributed by atoms with Crippen molar-refractivity contribution in [1.29, 1.82) is 0 Å². The summed E-state index contributed by atoms with van der Waals surface area (Å²) in [5.41, 5.74) is 0. The van der Waals surface area contributed by atoms with E-state index in [1.54, 1.807) is 0 Å². The van der Waals surface area contributed by atoms with Crippen molar-refractivity contribution in [3.63, 3.8) is 0 Å². The first-order chi connectivity index (χ1) is 6.44. The highest BCUT2D eigenvalue weighted by molar-refractivity contribution is 14.1. The number of ether oxygens (including phenoxy) is 1. The average molecular weight is 360 g/mol. The van der Waals surface area contributed by atoms with Gasteiger partial charge in [-0.25, -0.2) is 0 Å². The van der Waals surface area contributed by atoms with Crippen molar-refractivity contribution >= 4 is 32.8 Å². The third-order valence-corrected chi connectivity index (χ3v) is 3.56. The normalized spacial score (nSPS) is 16.7. The standard InChI is InChI=1S/C7H6F5IOS/c1-14-7-3-2-5(4-6(7)13)15(8,9,10,11)12/h2-4H,1H3. The molecule has 1 aromatic rings. The fourth-order valence-corrected chi connectivity index (χ4v) is 2.50. The van der Waals surface area contributed by atoms with Crippen molar-refractivity contribution in [3.8, 4) is 5.75 Å². The van der Waals surface area contributed by atoms with E-state index >= 15 is 0 Å². The van der Waals surface area contributed by atoms with E-state index in [1.807, 2.05) is 0 Å². The first-order valence-electron chi connectivity index (χ1n) is 3.52. The Labute approximate surface area is 96.5 Å². The maximum Gasteiger partial charge on any atom is 0.310 e. The lowest BCUT2D eigenvalue weighted by Gasteiger charge is -2.40. The van der Waals surface area contributed by atoms with Gasteiger partial charge in [0.2, 0.25) is 0 Å². The molecule has 0 spiro atoms. The highest BCUT2D eigenvalue weighted by atomic mass is 127. The summed E-state index contributed by atoms with van der Waals surface area (Å²) in [5, 5.41) is 0. The zero-order chi connectivity index (χ0) is 12.0. The second kappa shape index (κ2) is 2.90. The van der Waals surface area contributed by atoms with E-state index in [0.717, 1.165) is 6.07 Å². The van der Waals surface area contributed by atoms with Gasteiger partial charge in [-0.05, 0) is 40.8 Å². The molecule has 0 saturated carbocycles. The molecule has 0 aromatic heterocycles. The van der Waals surface area contributed by atoms with E-state index in [4.69, 9.17) is 0 Å². The van der Waals surface area contributed by atoms with Crippen LogP contribution >= 0.6 is 32.8 Å². The summed E-state index contributed by atoms with van der Waals surface area (Å²) in [6, 6.07) is 1.57. The van der Waals surface area contributed by atoms with Crippen LogP contribution in [0, 0.1) is 3.57 Å². The minimum Gasteiger partial charge on any atom is -0.496 e. The van der Waals surface area contributed by atoms with Crippen molar-refractivity contribution in [2.24, 2.45) is 0 Å². The molecule has 0 bridgehead atoms. The van der Waals surface area contributed by atoms with Gasteiger partial charge in [0.25, 0.3) is 0 Å². The molecule has 0 radical (unpaired) electrons. The lowest BCUT2D eigenvalue weighted by Crippen LogP contribution is -2.06. The van der Waals surface area contributed by atoms with Crippen molar-refractivity contribution < 1.29 is 24.2 Å². The van der Waals surface area contributed by atoms with Crippen molar-refractivity contribution in [2.45, 2.75) is 4.90 Å². The molecule has 0 N–H and O–H groups in total. The zero-order valence-corrected chi connectivity index (χ0v) is 10.3. The predicted octanol–water partition coefficient (Wildman–Crippen LogP) is 4.96. The maximum atomic E-state index is 12.3. The number of halogens is 6. The second-order valence-corrected chi connectivity index (χ2v) is 6.34. The summed E-state index contributed by atoms with van der Waals surface area (Å²) in [4.78, 5) is -1.90. The lowest BCUT2D eigenvalue weighted by atomic mass is 10.3. The van der Waals surface area contributed by atoms with Gasteiger partial charge in [0.15, 0.2) is 0 Å². The fourth-order valence-electron chi connectivity index (χ4n) is 0.887. The third-order valence-electron chi connectivity index (χ3n) is 1.57. The molecule has 1 nitrogen and oxygen atoms in total. The van der Waals surface area contributed by atoms with Crippen LogP contribution in [0.3, 0.4) is 0 Å². The SMILES string of the molecule is COc1ccc(S(F)(F)(F)(F)F)cc1I. The zero-order valence-electron chi connectivity index (χ0n) is 7.32. The van der Waals surface area contributed by atoms with Gasteiger partial charge >= 0.3 is 10.2 Å². The Hall–Kier alpha value is -0.250. The summed E-state index contributed by atoms with van der Waals surface area (Å²) in [5.74, 6) is 0.126. The Balaban J connectivity index is 3.39. The highest BCUT2D eigenvalue weighted by Crippen LogP contribution is 3.02. The molecule has 15 heavy (non-hydrogen) atoms. The largest absolute Gasteiger partial charge is 0.496 e. The van der Waals surface area contributed by atoms with E-state index in [2.05, 4.69) is 4.74 Å². The molecule has 0 fully saturated rings. The van der Waals surface area contributed by atoms with Crippen LogP contribution in [0.5, 0.6) is 5.75 Å². The molecule has 8 heteroatoms. The second-order valence-electron chi connectivity index (χ2n) is 2.77. The number of hydrogen-bond donors (Lipinski definition) is 0. The molecule has 1 rings (SSSR count). The number of benzene rings is 1. The van der Waals surface area contributed by atoms with E-state index in [9.17, 15) is 19.4 Å². The van der Waals surface area contributed by atoms with E-state index in [-0.39, 0.29) is 9.32 Å². The van der Waals surface area contributed by atoms with Gasteiger partial charge in [0, 0.05) is 0 Å². The van der Waals surface area contributed by atoms with Crippen LogP contribution in [0.15, 0.2) is 23.1 Å². The predicted molar refractivity (Wildman–Crippen MR) is 57.1 cm³/mol. The third kappa shape index (κ3) is 3.10. The van der Waals surface area contributed by atoms with Gasteiger partial charge in [-0.3, -0.25) is 0 Å². The van der Waals surface area contributed by atoms with Gasteiger partial charge in [-0.1, -0.05) is 19.4 Å². The van der Waals surface area contributed by atoms with Gasteiger partial charge in [-0.2, -0.15) is 0 Å². The van der Waals surface area contributed by atoms with Gasteiger partial charge in [-0.15, -0.1) is 0 Å². The quantitative estimate of drug-likeness (QED) is 0.535. The van der Waals surface area contributed by atoms with Crippen molar-refractivity contribution in [1.82, 2.24) is 0 Å². The smallest absolute Gasteiger partial charge is 0.310 e. The monoisotopic (exact) mass is 360 g/mol. The molecule has 0 atom stereocenters. The molecule has 0 unspecified atom stereocenters. The molecular weight excluding hydrogens is 354 g/mol. The topological polar surface area (TPSA) is 9.23 Å². The van der Waals surface area contributed by atoms with Crippen LogP contribution in [-0.2, 0) is 0 Å². The van der Waals surface area contributed by atoms with Gasteiger partial charge in [0.05, 0.1) is 10.7 Å². The summed E-state index contributed by atoms with van der Waals surface area (Å²) >= 11 is 1.50. The first kappa shape index (κ1) is 12.8. The molecule has 0 aliphatic carbocycles. The van der Waals surface area contributed by atoms with Crippen LogP contribution < -0.4 is 4.74 Å². The van der Waals surface area contributed by atoms with Crippen LogP contribution in [0.25, 0.3) is 0 Å². The number of methoxy groups -OCH3 is 1. The summed E-state index contributed by atoms with van der Waals surface area (Å²) in [7, 11) is -8.31. The number of hydrogen-bond acceptors (Lipinski definition) is 1. The van der Waals surface area contributed by atoms with Crippen LogP contribution in [0.2, 0.25) is 0 Å². The Morgan fingerprint density at radius 3 is 2.00 bits per heavy atom. The Morgan fingerprint density at radius 1 is 1.13 bits per heavy atom. The van der Waals surface area contributed by atoms with Crippen LogP contribution in [0.1, 0.15) is 0 Å². The summed E-state index contributed by atoms with van der Waals surface area (Å²) < 4.78 is 66.3.